The second-order valence-corrected chi connectivity index (χ2v) is 5.68. The number of aliphatic imine (C=N–C) groups is 1. The van der Waals surface area contributed by atoms with Gasteiger partial charge in [-0.25, -0.2) is 9.38 Å². The molecule has 0 amide bonds. The summed E-state index contributed by atoms with van der Waals surface area (Å²) in [5, 5.41) is -0.0779. The molecule has 0 saturated heterocycles. The Balaban J connectivity index is 2.17. The van der Waals surface area contributed by atoms with Crippen LogP contribution in [0.4, 0.5) is 4.39 Å². The number of carbonyl (C=O) groups is 1. The van der Waals surface area contributed by atoms with Crippen molar-refractivity contribution in [3.8, 4) is 0 Å². The maximum absolute atomic E-state index is 12.7. The second-order valence-electron chi connectivity index (χ2n) is 3.45. The molecule has 18 heavy (non-hydrogen) atoms. The predicted octanol–water partition coefficient (Wildman–Crippen LogP) is 3.72. The van der Waals surface area contributed by atoms with Crippen molar-refractivity contribution in [2.75, 3.05) is 5.75 Å². The van der Waals surface area contributed by atoms with Gasteiger partial charge in [0.25, 0.3) is 0 Å². The number of rotatable bonds is 3. The fourth-order valence-corrected chi connectivity index (χ4v) is 2.90. The van der Waals surface area contributed by atoms with Crippen molar-refractivity contribution in [2.24, 2.45) is 4.99 Å². The number of hydrogen-bond donors (Lipinski definition) is 0. The number of hydrogen-bond acceptors (Lipinski definition) is 4. The lowest BCUT2D eigenvalue weighted by atomic mass is 10.2. The Morgan fingerprint density at radius 1 is 1.39 bits per heavy atom. The van der Waals surface area contributed by atoms with E-state index >= 15 is 0 Å². The molecule has 1 aliphatic rings. The van der Waals surface area contributed by atoms with E-state index in [9.17, 15) is 9.18 Å². The van der Waals surface area contributed by atoms with E-state index in [1.54, 1.807) is 24.3 Å². The summed E-state index contributed by atoms with van der Waals surface area (Å²) in [7, 11) is 0. The largest absolute Gasteiger partial charge is 0.279 e. The normalized spacial score (nSPS) is 17.1. The van der Waals surface area contributed by atoms with E-state index < -0.39 is 0 Å². The van der Waals surface area contributed by atoms with Crippen LogP contribution in [0, 0.1) is 5.82 Å². The maximum atomic E-state index is 12.7. The van der Waals surface area contributed by atoms with E-state index in [0.717, 1.165) is 27.5 Å². The van der Waals surface area contributed by atoms with Crippen molar-refractivity contribution in [3.63, 3.8) is 0 Å². The van der Waals surface area contributed by atoms with Crippen LogP contribution < -0.4 is 0 Å². The smallest absolute Gasteiger partial charge is 0.244 e. The molecule has 1 aromatic carbocycles. The van der Waals surface area contributed by atoms with E-state index in [1.165, 1.54) is 23.9 Å². The molecule has 1 aromatic rings. The van der Waals surface area contributed by atoms with Crippen molar-refractivity contribution in [1.29, 1.82) is 0 Å². The molecule has 5 heteroatoms. The predicted molar refractivity (Wildman–Crippen MR) is 77.1 cm³/mol. The molecule has 0 spiro atoms. The lowest BCUT2D eigenvalue weighted by Crippen LogP contribution is -1.88. The van der Waals surface area contributed by atoms with E-state index in [2.05, 4.69) is 11.6 Å². The lowest BCUT2D eigenvalue weighted by molar-refractivity contribution is -0.107. The standard InChI is InChI=1S/C13H10FNOS2/c1-2-7-17-13-15-11(12(16)18-13)8-9-3-5-10(14)6-4-9/h2-6,8H,1,7H2/b11-8-. The zero-order valence-corrected chi connectivity index (χ0v) is 11.1. The molecule has 0 fully saturated rings. The van der Waals surface area contributed by atoms with Crippen LogP contribution in [0.25, 0.3) is 6.08 Å². The molecule has 92 valence electrons. The first-order valence-electron chi connectivity index (χ1n) is 5.21. The van der Waals surface area contributed by atoms with Crippen molar-refractivity contribution < 1.29 is 9.18 Å². The van der Waals surface area contributed by atoms with Gasteiger partial charge in [0.2, 0.25) is 5.12 Å². The number of halogens is 1. The van der Waals surface area contributed by atoms with Gasteiger partial charge >= 0.3 is 0 Å². The van der Waals surface area contributed by atoms with Crippen LogP contribution in [-0.2, 0) is 4.79 Å². The molecular formula is C13H10FNOS2. The summed E-state index contributed by atoms with van der Waals surface area (Å²) in [6.07, 6.45) is 3.43. The SMILES string of the molecule is C=CCSC1=N/C(=C\c2ccc(F)cc2)C(=O)S1. The van der Waals surface area contributed by atoms with Gasteiger partial charge in [0.05, 0.1) is 0 Å². The first-order chi connectivity index (χ1) is 8.69. The van der Waals surface area contributed by atoms with Crippen molar-refractivity contribution >= 4 is 39.1 Å². The van der Waals surface area contributed by atoms with Crippen LogP contribution in [-0.4, -0.2) is 15.2 Å². The highest BCUT2D eigenvalue weighted by molar-refractivity contribution is 8.45. The monoisotopic (exact) mass is 279 g/mol. The number of carbonyl (C=O) groups excluding carboxylic acids is 1. The fourth-order valence-electron chi connectivity index (χ4n) is 1.30. The maximum Gasteiger partial charge on any atom is 0.244 e. The van der Waals surface area contributed by atoms with E-state index in [1.807, 2.05) is 0 Å². The highest BCUT2D eigenvalue weighted by Gasteiger charge is 2.21. The van der Waals surface area contributed by atoms with Gasteiger partial charge in [-0.15, -0.1) is 6.58 Å². The van der Waals surface area contributed by atoms with E-state index in [-0.39, 0.29) is 10.9 Å². The van der Waals surface area contributed by atoms with Crippen LogP contribution in [0.3, 0.4) is 0 Å². The van der Waals surface area contributed by atoms with Gasteiger partial charge < -0.3 is 0 Å². The Hall–Kier alpha value is -1.33. The Morgan fingerprint density at radius 3 is 2.78 bits per heavy atom. The Morgan fingerprint density at radius 2 is 2.11 bits per heavy atom. The summed E-state index contributed by atoms with van der Waals surface area (Å²) in [5.74, 6) is 0.429. The zero-order chi connectivity index (χ0) is 13.0. The lowest BCUT2D eigenvalue weighted by Gasteiger charge is -1.93. The first-order valence-corrected chi connectivity index (χ1v) is 7.01. The van der Waals surface area contributed by atoms with Crippen LogP contribution in [0.5, 0.6) is 0 Å². The van der Waals surface area contributed by atoms with E-state index in [4.69, 9.17) is 0 Å². The molecule has 1 aliphatic heterocycles. The van der Waals surface area contributed by atoms with Crippen LogP contribution in [0.1, 0.15) is 5.56 Å². The summed E-state index contributed by atoms with van der Waals surface area (Å²) in [6, 6.07) is 5.95. The summed E-state index contributed by atoms with van der Waals surface area (Å²) in [6.45, 7) is 3.62. The topological polar surface area (TPSA) is 29.4 Å². The average molecular weight is 279 g/mol. The summed E-state index contributed by atoms with van der Waals surface area (Å²) in [5.41, 5.74) is 1.16. The van der Waals surface area contributed by atoms with Crippen molar-refractivity contribution in [2.45, 2.75) is 0 Å². The number of nitrogens with zero attached hydrogens (tertiary/aromatic N) is 1. The van der Waals surface area contributed by atoms with Gasteiger partial charge in [0.15, 0.2) is 0 Å². The Labute approximate surface area is 113 Å². The van der Waals surface area contributed by atoms with Crippen molar-refractivity contribution in [3.05, 3.63) is 54.0 Å². The molecule has 0 atom stereocenters. The summed E-state index contributed by atoms with van der Waals surface area (Å²) in [4.78, 5) is 15.9. The molecule has 1 heterocycles. The summed E-state index contributed by atoms with van der Waals surface area (Å²) < 4.78 is 13.5. The molecule has 2 rings (SSSR count). The molecule has 0 N–H and O–H groups in total. The number of benzene rings is 1. The number of thioether (sulfide) groups is 2. The third-order valence-electron chi connectivity index (χ3n) is 2.10. The molecule has 0 unspecified atom stereocenters. The molecule has 0 saturated carbocycles. The highest BCUT2D eigenvalue weighted by atomic mass is 32.2. The fraction of sp³-hybridized carbons (Fsp3) is 0.0769. The molecule has 0 radical (unpaired) electrons. The minimum Gasteiger partial charge on any atom is -0.279 e. The van der Waals surface area contributed by atoms with Crippen LogP contribution in [0.15, 0.2) is 47.6 Å². The van der Waals surface area contributed by atoms with Gasteiger partial charge in [0.1, 0.15) is 15.9 Å². The van der Waals surface area contributed by atoms with Gasteiger partial charge in [-0.3, -0.25) is 4.79 Å². The summed E-state index contributed by atoms with van der Waals surface area (Å²) >= 11 is 2.60. The third-order valence-corrected chi connectivity index (χ3v) is 4.10. The Bertz CT molecular complexity index is 534. The second kappa shape index (κ2) is 6.02. The first kappa shape index (κ1) is 13.1. The minimum absolute atomic E-state index is 0.0779. The van der Waals surface area contributed by atoms with Gasteiger partial charge in [-0.2, -0.15) is 0 Å². The molecule has 0 aliphatic carbocycles. The molecule has 0 aromatic heterocycles. The van der Waals surface area contributed by atoms with Gasteiger partial charge in [-0.05, 0) is 35.5 Å². The van der Waals surface area contributed by atoms with Gasteiger partial charge in [0, 0.05) is 5.75 Å². The minimum atomic E-state index is -0.296. The highest BCUT2D eigenvalue weighted by Crippen LogP contribution is 2.30. The average Bonchev–Trinajstić information content (AvgIpc) is 2.70. The molecule has 2 nitrogen and oxygen atoms in total. The van der Waals surface area contributed by atoms with E-state index in [0.29, 0.717) is 5.70 Å². The quantitative estimate of drug-likeness (QED) is 0.624. The molecular weight excluding hydrogens is 269 g/mol. The zero-order valence-electron chi connectivity index (χ0n) is 9.43. The third kappa shape index (κ3) is 3.34. The molecule has 0 bridgehead atoms. The Kier molecular flexibility index (Phi) is 4.38. The van der Waals surface area contributed by atoms with Crippen molar-refractivity contribution in [1.82, 2.24) is 0 Å². The van der Waals surface area contributed by atoms with Gasteiger partial charge in [-0.1, -0.05) is 30.0 Å². The van der Waals surface area contributed by atoms with Crippen LogP contribution in [0.2, 0.25) is 0 Å². The van der Waals surface area contributed by atoms with Crippen LogP contribution >= 0.6 is 23.5 Å².